The van der Waals surface area contributed by atoms with E-state index in [1.165, 1.54) is 18.5 Å². The highest BCUT2D eigenvalue weighted by Crippen LogP contribution is 2.07. The first-order chi connectivity index (χ1) is 8.58. The molecule has 18 heavy (non-hydrogen) atoms. The van der Waals surface area contributed by atoms with Crippen molar-refractivity contribution < 1.29 is 13.2 Å². The van der Waals surface area contributed by atoms with Gasteiger partial charge in [-0.1, -0.05) is 0 Å². The molecule has 1 fully saturated rings. The Bertz CT molecular complexity index is 478. The van der Waals surface area contributed by atoms with Crippen molar-refractivity contribution in [3.8, 4) is 0 Å². The molecule has 7 heteroatoms. The van der Waals surface area contributed by atoms with Crippen molar-refractivity contribution in [2.75, 3.05) is 33.3 Å². The first kappa shape index (κ1) is 13.4. The Morgan fingerprint density at radius 1 is 1.61 bits per heavy atom. The lowest BCUT2D eigenvalue weighted by Gasteiger charge is -2.30. The van der Waals surface area contributed by atoms with Gasteiger partial charge in [0, 0.05) is 32.0 Å². The molecule has 0 unspecified atom stereocenters. The molecule has 0 saturated carbocycles. The molecule has 100 valence electrons. The Morgan fingerprint density at radius 3 is 3.11 bits per heavy atom. The van der Waals surface area contributed by atoms with Gasteiger partial charge in [-0.3, -0.25) is 4.98 Å². The number of hydrogen-bond donors (Lipinski definition) is 1. The van der Waals surface area contributed by atoms with Gasteiger partial charge in [-0.15, -0.1) is 0 Å². The van der Waals surface area contributed by atoms with E-state index >= 15 is 0 Å². The van der Waals surface area contributed by atoms with Gasteiger partial charge in [0.2, 0.25) is 10.0 Å². The standard InChI is InChI=1S/C11H17N3O3S/c1-14-5-6-17-10(9-14)7-13-18(15,16)11-3-2-4-12-8-11/h2-4,8,10,13H,5-7,9H2,1H3/t10-/m0/s1. The van der Waals surface area contributed by atoms with E-state index in [-0.39, 0.29) is 17.5 Å². The first-order valence-electron chi connectivity index (χ1n) is 5.78. The van der Waals surface area contributed by atoms with Crippen LogP contribution in [0.3, 0.4) is 0 Å². The molecule has 1 aromatic rings. The Kier molecular flexibility index (Phi) is 4.28. The van der Waals surface area contributed by atoms with E-state index in [0.29, 0.717) is 6.61 Å². The normalized spacial score (nSPS) is 21.9. The number of ether oxygens (including phenoxy) is 1. The van der Waals surface area contributed by atoms with Crippen molar-refractivity contribution in [2.45, 2.75) is 11.0 Å². The van der Waals surface area contributed by atoms with Crippen LogP contribution in [0, 0.1) is 0 Å². The van der Waals surface area contributed by atoms with Crippen LogP contribution < -0.4 is 4.72 Å². The molecule has 1 N–H and O–H groups in total. The van der Waals surface area contributed by atoms with Crippen LogP contribution in [0.15, 0.2) is 29.4 Å². The second-order valence-electron chi connectivity index (χ2n) is 4.30. The minimum absolute atomic E-state index is 0.102. The lowest BCUT2D eigenvalue weighted by Crippen LogP contribution is -2.45. The van der Waals surface area contributed by atoms with E-state index in [9.17, 15) is 8.42 Å². The first-order valence-corrected chi connectivity index (χ1v) is 7.26. The molecule has 0 amide bonds. The average Bonchev–Trinajstić information content (AvgIpc) is 2.38. The maximum absolute atomic E-state index is 11.9. The summed E-state index contributed by atoms with van der Waals surface area (Å²) in [5.41, 5.74) is 0. The molecule has 1 atom stereocenters. The van der Waals surface area contributed by atoms with Crippen LogP contribution in [0.5, 0.6) is 0 Å². The second kappa shape index (κ2) is 5.75. The number of hydrogen-bond acceptors (Lipinski definition) is 5. The molecule has 2 heterocycles. The Hall–Kier alpha value is -1.02. The van der Waals surface area contributed by atoms with E-state index in [2.05, 4.69) is 14.6 Å². The predicted octanol–water partition coefficient (Wildman–Crippen LogP) is -0.309. The van der Waals surface area contributed by atoms with Crippen molar-refractivity contribution in [1.29, 1.82) is 0 Å². The summed E-state index contributed by atoms with van der Waals surface area (Å²) in [5.74, 6) is 0. The van der Waals surface area contributed by atoms with E-state index in [0.717, 1.165) is 13.1 Å². The molecule has 1 aliphatic rings. The zero-order valence-corrected chi connectivity index (χ0v) is 11.1. The number of nitrogens with zero attached hydrogens (tertiary/aromatic N) is 2. The van der Waals surface area contributed by atoms with Crippen molar-refractivity contribution in [2.24, 2.45) is 0 Å². The van der Waals surface area contributed by atoms with Gasteiger partial charge in [-0.05, 0) is 19.2 Å². The molecule has 0 aliphatic carbocycles. The van der Waals surface area contributed by atoms with Crippen molar-refractivity contribution in [3.63, 3.8) is 0 Å². The van der Waals surface area contributed by atoms with Crippen LogP contribution >= 0.6 is 0 Å². The van der Waals surface area contributed by atoms with Gasteiger partial charge in [0.15, 0.2) is 0 Å². The van der Waals surface area contributed by atoms with Crippen LogP contribution in [0.1, 0.15) is 0 Å². The number of nitrogens with one attached hydrogen (secondary N) is 1. The van der Waals surface area contributed by atoms with Crippen LogP contribution in [0.4, 0.5) is 0 Å². The molecule has 6 nitrogen and oxygen atoms in total. The van der Waals surface area contributed by atoms with Gasteiger partial charge < -0.3 is 9.64 Å². The van der Waals surface area contributed by atoms with Crippen LogP contribution in [0.2, 0.25) is 0 Å². The van der Waals surface area contributed by atoms with Gasteiger partial charge in [-0.25, -0.2) is 13.1 Å². The van der Waals surface area contributed by atoms with Gasteiger partial charge in [0.1, 0.15) is 4.90 Å². The lowest BCUT2D eigenvalue weighted by molar-refractivity contribution is -0.0156. The maximum atomic E-state index is 11.9. The fourth-order valence-electron chi connectivity index (χ4n) is 1.78. The van der Waals surface area contributed by atoms with Gasteiger partial charge in [0.05, 0.1) is 12.7 Å². The monoisotopic (exact) mass is 271 g/mol. The highest BCUT2D eigenvalue weighted by atomic mass is 32.2. The van der Waals surface area contributed by atoms with Gasteiger partial charge in [-0.2, -0.15) is 0 Å². The summed E-state index contributed by atoms with van der Waals surface area (Å²) in [5, 5.41) is 0. The molecule has 0 bridgehead atoms. The summed E-state index contributed by atoms with van der Waals surface area (Å²) in [4.78, 5) is 6.09. The Morgan fingerprint density at radius 2 is 2.44 bits per heavy atom. The summed E-state index contributed by atoms with van der Waals surface area (Å²) in [6.07, 6.45) is 2.77. The Balaban J connectivity index is 1.93. The SMILES string of the molecule is CN1CCO[C@@H](CNS(=O)(=O)c2cccnc2)C1. The second-order valence-corrected chi connectivity index (χ2v) is 6.06. The minimum Gasteiger partial charge on any atom is -0.374 e. The summed E-state index contributed by atoms with van der Waals surface area (Å²) >= 11 is 0. The highest BCUT2D eigenvalue weighted by Gasteiger charge is 2.21. The zero-order chi connectivity index (χ0) is 13.0. The highest BCUT2D eigenvalue weighted by molar-refractivity contribution is 7.89. The fraction of sp³-hybridized carbons (Fsp3) is 0.545. The number of morpholine rings is 1. The third kappa shape index (κ3) is 3.49. The van der Waals surface area contributed by atoms with Crippen LogP contribution in [0.25, 0.3) is 0 Å². The zero-order valence-electron chi connectivity index (χ0n) is 10.2. The lowest BCUT2D eigenvalue weighted by atomic mass is 10.3. The summed E-state index contributed by atoms with van der Waals surface area (Å²) in [6, 6.07) is 3.11. The molecule has 0 radical (unpaired) electrons. The molecular formula is C11H17N3O3S. The van der Waals surface area contributed by atoms with Crippen LogP contribution in [-0.4, -0.2) is 57.7 Å². The average molecular weight is 271 g/mol. The largest absolute Gasteiger partial charge is 0.374 e. The number of rotatable bonds is 4. The maximum Gasteiger partial charge on any atom is 0.242 e. The van der Waals surface area contributed by atoms with Crippen molar-refractivity contribution in [3.05, 3.63) is 24.5 Å². The van der Waals surface area contributed by atoms with E-state index in [1.807, 2.05) is 7.05 Å². The molecule has 1 saturated heterocycles. The number of pyridine rings is 1. The van der Waals surface area contributed by atoms with Gasteiger partial charge in [0.25, 0.3) is 0 Å². The summed E-state index contributed by atoms with van der Waals surface area (Å²) in [7, 11) is -1.50. The van der Waals surface area contributed by atoms with Crippen molar-refractivity contribution in [1.82, 2.24) is 14.6 Å². The third-order valence-electron chi connectivity index (χ3n) is 2.79. The summed E-state index contributed by atoms with van der Waals surface area (Å²) in [6.45, 7) is 2.53. The van der Waals surface area contributed by atoms with Crippen molar-refractivity contribution >= 4 is 10.0 Å². The van der Waals surface area contributed by atoms with Crippen LogP contribution in [-0.2, 0) is 14.8 Å². The number of aromatic nitrogens is 1. The molecule has 0 aromatic carbocycles. The van der Waals surface area contributed by atoms with E-state index in [1.54, 1.807) is 6.07 Å². The number of sulfonamides is 1. The molecule has 1 aromatic heterocycles. The quantitative estimate of drug-likeness (QED) is 0.813. The number of likely N-dealkylation sites (N-methyl/N-ethyl adjacent to an activating group) is 1. The molecule has 2 rings (SSSR count). The molecule has 1 aliphatic heterocycles. The summed E-state index contributed by atoms with van der Waals surface area (Å²) < 4.78 is 31.9. The molecule has 0 spiro atoms. The van der Waals surface area contributed by atoms with E-state index in [4.69, 9.17) is 4.74 Å². The third-order valence-corrected chi connectivity index (χ3v) is 4.20. The smallest absolute Gasteiger partial charge is 0.242 e. The van der Waals surface area contributed by atoms with E-state index < -0.39 is 10.0 Å². The fourth-order valence-corrected chi connectivity index (χ4v) is 2.81. The molecular weight excluding hydrogens is 254 g/mol. The Labute approximate surface area is 107 Å². The minimum atomic E-state index is -3.49. The predicted molar refractivity (Wildman–Crippen MR) is 66.7 cm³/mol. The van der Waals surface area contributed by atoms with Gasteiger partial charge >= 0.3 is 0 Å². The topological polar surface area (TPSA) is 71.5 Å².